The molecule has 0 bridgehead atoms. The van der Waals surface area contributed by atoms with Crippen LogP contribution in [0.4, 0.5) is 0 Å². The van der Waals surface area contributed by atoms with Crippen molar-refractivity contribution in [3.8, 4) is 0 Å². The van der Waals surface area contributed by atoms with E-state index < -0.39 is 86.7 Å². The molecule has 0 aromatic rings. The number of esters is 1. The molecule has 0 saturated carbocycles. The summed E-state index contributed by atoms with van der Waals surface area (Å²) in [6.45, 7) is 3.38. The molecule has 2 heterocycles. The molecule has 0 radical (unpaired) electrons. The summed E-state index contributed by atoms with van der Waals surface area (Å²) in [4.78, 5) is 13.1. The standard InChI is InChI=1S/C65H106O14/c1-3-5-7-9-11-13-15-17-19-21-23-25-26-27-29-31-33-35-37-39-41-43-45-47-49-74-51-54(52-75-64-63(73)61(71)59(69)56(79-64)53-76-65-62(72)60(70)58(68)55(50-66)78-65)77-57(67)48-46-44-42-40-38-36-34-32-30-28-24-22-20-18-16-14-12-10-8-6-4-2/h5-8,11-14,17-20,23-25,28,32,34,38,40,54-56,58-66,68-73H,3-4,9-10,15-16,21-22,26-27,29-31,33,35-37,39,41-53H2,1-2H3/b7-5-,8-6-,13-11-,14-12-,19-17-,20-18-,25-23-,28-24-,34-32-,40-38-. The zero-order valence-corrected chi connectivity index (χ0v) is 48.3. The van der Waals surface area contributed by atoms with Gasteiger partial charge in [-0.1, -0.05) is 193 Å². The summed E-state index contributed by atoms with van der Waals surface area (Å²) in [7, 11) is 0. The molecule has 2 rings (SSSR count). The summed E-state index contributed by atoms with van der Waals surface area (Å²) in [5.41, 5.74) is 0. The van der Waals surface area contributed by atoms with E-state index in [1.807, 2.05) is 0 Å². The minimum atomic E-state index is -1.72. The molecule has 14 nitrogen and oxygen atoms in total. The third-order valence-corrected chi connectivity index (χ3v) is 13.5. The fraction of sp³-hybridized carbons (Fsp3) is 0.677. The molecule has 0 aliphatic carbocycles. The van der Waals surface area contributed by atoms with Crippen LogP contribution in [0.5, 0.6) is 0 Å². The van der Waals surface area contributed by atoms with Crippen LogP contribution in [0, 0.1) is 0 Å². The minimum Gasteiger partial charge on any atom is -0.457 e. The third-order valence-electron chi connectivity index (χ3n) is 13.5. The van der Waals surface area contributed by atoms with Gasteiger partial charge in [-0.25, -0.2) is 0 Å². The number of allylic oxidation sites excluding steroid dienone is 20. The molecule has 2 aliphatic heterocycles. The zero-order valence-electron chi connectivity index (χ0n) is 48.3. The monoisotopic (exact) mass is 1110 g/mol. The summed E-state index contributed by atoms with van der Waals surface area (Å²) < 4.78 is 34.4. The van der Waals surface area contributed by atoms with Crippen molar-refractivity contribution in [3.63, 3.8) is 0 Å². The Morgan fingerprint density at radius 2 is 0.785 bits per heavy atom. The smallest absolute Gasteiger partial charge is 0.306 e. The van der Waals surface area contributed by atoms with Gasteiger partial charge in [0.15, 0.2) is 12.6 Å². The lowest BCUT2D eigenvalue weighted by Crippen LogP contribution is -2.61. The molecule has 2 saturated heterocycles. The van der Waals surface area contributed by atoms with E-state index in [0.717, 1.165) is 103 Å². The number of aliphatic hydroxyl groups excluding tert-OH is 7. The molecule has 2 fully saturated rings. The van der Waals surface area contributed by atoms with Gasteiger partial charge in [-0.3, -0.25) is 4.79 Å². The predicted octanol–water partition coefficient (Wildman–Crippen LogP) is 11.3. The van der Waals surface area contributed by atoms with Crippen molar-refractivity contribution in [3.05, 3.63) is 122 Å². The van der Waals surface area contributed by atoms with E-state index in [1.54, 1.807) is 0 Å². The van der Waals surface area contributed by atoms with Crippen molar-refractivity contribution in [2.75, 3.05) is 33.0 Å². The first-order chi connectivity index (χ1) is 38.6. The maximum Gasteiger partial charge on any atom is 0.306 e. The van der Waals surface area contributed by atoms with E-state index in [2.05, 4.69) is 135 Å². The minimum absolute atomic E-state index is 0.0331. The van der Waals surface area contributed by atoms with Gasteiger partial charge >= 0.3 is 5.97 Å². The van der Waals surface area contributed by atoms with Crippen LogP contribution in [0.1, 0.15) is 181 Å². The largest absolute Gasteiger partial charge is 0.457 e. The van der Waals surface area contributed by atoms with E-state index in [0.29, 0.717) is 13.0 Å². The summed E-state index contributed by atoms with van der Waals surface area (Å²) in [6.07, 6.45) is 54.0. The van der Waals surface area contributed by atoms with Crippen LogP contribution >= 0.6 is 0 Å². The van der Waals surface area contributed by atoms with Crippen molar-refractivity contribution in [1.29, 1.82) is 0 Å². The van der Waals surface area contributed by atoms with E-state index in [4.69, 9.17) is 28.4 Å². The maximum absolute atomic E-state index is 13.1. The van der Waals surface area contributed by atoms with Gasteiger partial charge in [-0.2, -0.15) is 0 Å². The molecular weight excluding hydrogens is 1000 g/mol. The quantitative estimate of drug-likeness (QED) is 0.0172. The number of ether oxygens (including phenoxy) is 6. The molecule has 0 amide bonds. The fourth-order valence-corrected chi connectivity index (χ4v) is 8.69. The zero-order chi connectivity index (χ0) is 57.2. The lowest BCUT2D eigenvalue weighted by molar-refractivity contribution is -0.332. The Bertz CT molecular complexity index is 1770. The molecule has 0 spiro atoms. The molecule has 7 N–H and O–H groups in total. The average Bonchev–Trinajstić information content (AvgIpc) is 3.45. The number of aliphatic hydroxyl groups is 7. The Labute approximate surface area is 476 Å². The van der Waals surface area contributed by atoms with Crippen LogP contribution in [-0.2, 0) is 33.2 Å². The van der Waals surface area contributed by atoms with Crippen molar-refractivity contribution >= 4 is 5.97 Å². The highest BCUT2D eigenvalue weighted by atomic mass is 16.7. The Morgan fingerprint density at radius 1 is 0.418 bits per heavy atom. The molecule has 2 aliphatic rings. The highest BCUT2D eigenvalue weighted by molar-refractivity contribution is 5.69. The van der Waals surface area contributed by atoms with Crippen molar-refractivity contribution < 1.29 is 69.0 Å². The lowest BCUT2D eigenvalue weighted by Gasteiger charge is -2.42. The SMILES string of the molecule is CC/C=C\C/C=C\C/C=C\C/C=C\C/C=C\C/C=C\CCCCC(=O)OC(COCCCCCCCCCCCCC/C=C\C/C=C\C/C=C\C/C=C\CC)COC1OC(COC2OC(CO)C(O)C(O)C2O)C(O)C(O)C1O. The normalized spacial score (nSPS) is 24.9. The Kier molecular flexibility index (Phi) is 45.4. The highest BCUT2D eigenvalue weighted by Crippen LogP contribution is 2.26. The van der Waals surface area contributed by atoms with Crippen LogP contribution in [0.25, 0.3) is 0 Å². The Hall–Kier alpha value is -3.61. The Balaban J connectivity index is 1.73. The fourth-order valence-electron chi connectivity index (χ4n) is 8.69. The number of rotatable bonds is 47. The van der Waals surface area contributed by atoms with E-state index in [9.17, 15) is 40.5 Å². The van der Waals surface area contributed by atoms with Crippen molar-refractivity contribution in [2.24, 2.45) is 0 Å². The van der Waals surface area contributed by atoms with E-state index in [1.165, 1.54) is 51.4 Å². The highest BCUT2D eigenvalue weighted by Gasteiger charge is 2.47. The molecule has 14 heteroatoms. The van der Waals surface area contributed by atoms with E-state index in [-0.39, 0.29) is 19.6 Å². The topological polar surface area (TPSA) is 214 Å². The van der Waals surface area contributed by atoms with Gasteiger partial charge < -0.3 is 64.2 Å². The molecular formula is C65H106O14. The molecule has 11 atom stereocenters. The summed E-state index contributed by atoms with van der Waals surface area (Å²) >= 11 is 0. The van der Waals surface area contributed by atoms with Crippen molar-refractivity contribution in [2.45, 2.75) is 248 Å². The molecule has 11 unspecified atom stereocenters. The summed E-state index contributed by atoms with van der Waals surface area (Å²) in [5.74, 6) is -0.423. The van der Waals surface area contributed by atoms with Crippen LogP contribution in [0.2, 0.25) is 0 Å². The van der Waals surface area contributed by atoms with Crippen molar-refractivity contribution in [1.82, 2.24) is 0 Å². The molecule has 0 aromatic carbocycles. The summed E-state index contributed by atoms with van der Waals surface area (Å²) in [5, 5.41) is 72.4. The van der Waals surface area contributed by atoms with Gasteiger partial charge in [0, 0.05) is 13.0 Å². The van der Waals surface area contributed by atoms with Gasteiger partial charge in [0.25, 0.3) is 0 Å². The molecule has 79 heavy (non-hydrogen) atoms. The van der Waals surface area contributed by atoms with Gasteiger partial charge in [-0.05, 0) is 103 Å². The second-order valence-electron chi connectivity index (χ2n) is 20.4. The van der Waals surface area contributed by atoms with Gasteiger partial charge in [0.05, 0.1) is 26.4 Å². The summed E-state index contributed by atoms with van der Waals surface area (Å²) in [6, 6.07) is 0. The number of carbonyl (C=O) groups is 1. The van der Waals surface area contributed by atoms with Gasteiger partial charge in [-0.15, -0.1) is 0 Å². The molecule has 0 aromatic heterocycles. The van der Waals surface area contributed by atoms with Gasteiger partial charge in [0.1, 0.15) is 54.9 Å². The van der Waals surface area contributed by atoms with Crippen LogP contribution < -0.4 is 0 Å². The maximum atomic E-state index is 13.1. The number of carbonyl (C=O) groups excluding carboxylic acids is 1. The first-order valence-corrected chi connectivity index (χ1v) is 30.1. The first-order valence-electron chi connectivity index (χ1n) is 30.1. The number of unbranched alkanes of at least 4 members (excludes halogenated alkanes) is 13. The lowest BCUT2D eigenvalue weighted by atomic mass is 9.98. The van der Waals surface area contributed by atoms with Crippen LogP contribution in [0.3, 0.4) is 0 Å². The van der Waals surface area contributed by atoms with Gasteiger partial charge in [0.2, 0.25) is 0 Å². The molecule has 450 valence electrons. The number of hydrogen-bond acceptors (Lipinski definition) is 14. The Morgan fingerprint density at radius 3 is 1.23 bits per heavy atom. The second kappa shape index (κ2) is 50.1. The average molecular weight is 1110 g/mol. The number of hydrogen-bond donors (Lipinski definition) is 7. The third kappa shape index (κ3) is 36.5. The predicted molar refractivity (Wildman–Crippen MR) is 316 cm³/mol. The first kappa shape index (κ1) is 71.5. The van der Waals surface area contributed by atoms with Crippen LogP contribution in [0.15, 0.2) is 122 Å². The second-order valence-corrected chi connectivity index (χ2v) is 20.4. The van der Waals surface area contributed by atoms with Crippen LogP contribution in [-0.4, -0.2) is 142 Å². The van der Waals surface area contributed by atoms with E-state index >= 15 is 0 Å².